The van der Waals surface area contributed by atoms with Gasteiger partial charge in [0, 0.05) is 76.9 Å². The normalized spacial score (nSPS) is 9.96. The molecule has 0 atom stereocenters. The predicted octanol–water partition coefficient (Wildman–Crippen LogP) is 7.37. The van der Waals surface area contributed by atoms with E-state index in [1.54, 1.807) is 42.7 Å². The second-order valence-corrected chi connectivity index (χ2v) is 14.3. The molecule has 0 saturated heterocycles. The molecule has 0 saturated carbocycles. The Morgan fingerprint density at radius 3 is 1.19 bits per heavy atom. The van der Waals surface area contributed by atoms with Crippen molar-refractivity contribution in [3.63, 3.8) is 0 Å². The van der Waals surface area contributed by atoms with Gasteiger partial charge in [0.05, 0.1) is 43.3 Å². The van der Waals surface area contributed by atoms with E-state index in [0.717, 1.165) is 20.9 Å². The number of nitrogens with one attached hydrogen (secondary N) is 3. The summed E-state index contributed by atoms with van der Waals surface area (Å²) in [7, 11) is 9.16. The topological polar surface area (TPSA) is 149 Å². The van der Waals surface area contributed by atoms with Crippen LogP contribution in [0.25, 0.3) is 0 Å². The SMILES string of the molecule is COc1cc(C)c(S(=O)(=O)Cl)cc1NC(C)=O.COc1cc(C)c(SSc2cc(NC(C)=O)c(OC)cc2C)cc1NC(C)=O.[CH3-].[Fe].[V]. The summed E-state index contributed by atoms with van der Waals surface area (Å²) in [6.07, 6.45) is 0. The summed E-state index contributed by atoms with van der Waals surface area (Å²) < 4.78 is 38.4. The summed E-state index contributed by atoms with van der Waals surface area (Å²) in [5.74, 6) is 0.978. The second kappa shape index (κ2) is 21.6. The molecule has 3 aromatic carbocycles. The van der Waals surface area contributed by atoms with Crippen LogP contribution in [0.5, 0.6) is 17.2 Å². The third kappa shape index (κ3) is 14.2. The van der Waals surface area contributed by atoms with E-state index in [1.807, 2.05) is 38.1 Å². The van der Waals surface area contributed by atoms with Gasteiger partial charge in [0.2, 0.25) is 17.7 Å². The largest absolute Gasteiger partial charge is 0.495 e. The first-order valence-corrected chi connectivity index (χ1v) is 17.6. The second-order valence-electron chi connectivity index (χ2n) is 9.60. The molecule has 3 N–H and O–H groups in total. The fraction of sp³-hybridized carbons (Fsp3) is 0.290. The van der Waals surface area contributed by atoms with Gasteiger partial charge in [-0.2, -0.15) is 0 Å². The number of anilines is 3. The van der Waals surface area contributed by atoms with Crippen LogP contribution in [0.3, 0.4) is 0 Å². The minimum Gasteiger partial charge on any atom is -0.495 e. The van der Waals surface area contributed by atoms with Gasteiger partial charge in [-0.15, -0.1) is 0 Å². The smallest absolute Gasteiger partial charge is 0.261 e. The number of amides is 3. The zero-order valence-electron chi connectivity index (χ0n) is 28.1. The molecular weight excluding hydrogens is 781 g/mol. The molecule has 0 aromatic heterocycles. The Morgan fingerprint density at radius 2 is 0.917 bits per heavy atom. The van der Waals surface area contributed by atoms with E-state index in [0.29, 0.717) is 34.2 Å². The molecule has 48 heavy (non-hydrogen) atoms. The third-order valence-corrected chi connectivity index (χ3v) is 10.0. The van der Waals surface area contributed by atoms with Crippen LogP contribution < -0.4 is 30.2 Å². The third-order valence-electron chi connectivity index (χ3n) is 5.91. The van der Waals surface area contributed by atoms with E-state index in [4.69, 9.17) is 24.9 Å². The number of carbonyl (C=O) groups excluding carboxylic acids is 3. The fourth-order valence-corrected chi connectivity index (χ4v) is 7.59. The molecule has 0 spiro atoms. The van der Waals surface area contributed by atoms with Crippen molar-refractivity contribution in [3.8, 4) is 17.2 Å². The Balaban J connectivity index is 0. The van der Waals surface area contributed by atoms with Crippen LogP contribution in [0.1, 0.15) is 37.5 Å². The molecule has 1 radical (unpaired) electrons. The summed E-state index contributed by atoms with van der Waals surface area (Å²) in [6.45, 7) is 9.82. The molecule has 0 unspecified atom stereocenters. The molecule has 0 aliphatic rings. The average molecular weight is 820 g/mol. The van der Waals surface area contributed by atoms with E-state index < -0.39 is 9.05 Å². The Kier molecular flexibility index (Phi) is 21.4. The maximum absolute atomic E-state index is 11.5. The first kappa shape index (κ1) is 47.6. The van der Waals surface area contributed by atoms with Crippen LogP contribution in [-0.2, 0) is 59.1 Å². The number of carbonyl (C=O) groups is 3. The molecule has 3 rings (SSSR count). The number of benzene rings is 3. The molecular formula is C31H39ClFeN3O8S3V-. The minimum absolute atomic E-state index is 0. The molecule has 265 valence electrons. The predicted molar refractivity (Wildman–Crippen MR) is 187 cm³/mol. The van der Waals surface area contributed by atoms with Crippen LogP contribution >= 0.6 is 32.3 Å². The zero-order valence-corrected chi connectivity index (χ0v) is 33.8. The summed E-state index contributed by atoms with van der Waals surface area (Å²) in [5, 5.41) is 8.07. The number of hydrogen-bond donors (Lipinski definition) is 3. The molecule has 0 aliphatic carbocycles. The number of ether oxygens (including phenoxy) is 3. The van der Waals surface area contributed by atoms with Crippen LogP contribution in [0.15, 0.2) is 51.1 Å². The molecule has 3 amide bonds. The number of rotatable bonds is 10. The first-order valence-electron chi connectivity index (χ1n) is 13.2. The van der Waals surface area contributed by atoms with Crippen LogP contribution in [0, 0.1) is 28.2 Å². The Bertz CT molecular complexity index is 1640. The molecule has 3 aromatic rings. The molecule has 17 heteroatoms. The minimum atomic E-state index is -3.85. The number of hydrogen-bond acceptors (Lipinski definition) is 10. The molecule has 11 nitrogen and oxygen atoms in total. The Morgan fingerprint density at radius 1 is 0.625 bits per heavy atom. The van der Waals surface area contributed by atoms with Gasteiger partial charge in [0.25, 0.3) is 9.05 Å². The van der Waals surface area contributed by atoms with Crippen molar-refractivity contribution in [2.75, 3.05) is 37.3 Å². The van der Waals surface area contributed by atoms with Gasteiger partial charge in [-0.3, -0.25) is 14.4 Å². The number of methoxy groups -OCH3 is 3. The van der Waals surface area contributed by atoms with Crippen molar-refractivity contribution in [2.45, 2.75) is 56.2 Å². The average Bonchev–Trinajstić information content (AvgIpc) is 2.93. The first-order chi connectivity index (χ1) is 21.0. The van der Waals surface area contributed by atoms with Crippen molar-refractivity contribution in [3.05, 3.63) is 60.5 Å². The van der Waals surface area contributed by atoms with Crippen molar-refractivity contribution in [1.29, 1.82) is 0 Å². The van der Waals surface area contributed by atoms with Gasteiger partial charge < -0.3 is 37.6 Å². The van der Waals surface area contributed by atoms with E-state index >= 15 is 0 Å². The van der Waals surface area contributed by atoms with E-state index in [2.05, 4.69) is 16.0 Å². The zero-order chi connectivity index (χ0) is 34.1. The summed E-state index contributed by atoms with van der Waals surface area (Å²) >= 11 is 0. The Hall–Kier alpha value is -2.49. The quantitative estimate of drug-likeness (QED) is 0.0820. The standard InChI is InChI=1S/C20H24N2O4S2.C10H12ClNO4S.CH3.Fe.V/c1-11-7-17(25-5)15(21-13(3)23)9-19(11)27-28-20-10-16(22-14(4)24)18(26-6)8-12(20)2;1-6-4-9(16-3)8(12-7(2)13)5-10(6)17(11,14)15;;;/h7-10H,1-6H3,(H,21,23)(H,22,24);4-5H,1-3H3,(H,12,13);1H3;;/q;;-1;;. The number of halogens is 1. The summed E-state index contributed by atoms with van der Waals surface area (Å²) in [6, 6.07) is 10.4. The fourth-order valence-electron chi connectivity index (χ4n) is 3.89. The van der Waals surface area contributed by atoms with Gasteiger partial charge >= 0.3 is 0 Å². The molecule has 0 aliphatic heterocycles. The molecule has 0 fully saturated rings. The number of aryl methyl sites for hydroxylation is 3. The van der Waals surface area contributed by atoms with E-state index in [-0.39, 0.29) is 71.4 Å². The van der Waals surface area contributed by atoms with Crippen LogP contribution in [0.2, 0.25) is 0 Å². The van der Waals surface area contributed by atoms with Gasteiger partial charge in [0.1, 0.15) is 17.2 Å². The van der Waals surface area contributed by atoms with Crippen molar-refractivity contribution < 1.29 is 72.6 Å². The van der Waals surface area contributed by atoms with E-state index in [9.17, 15) is 22.8 Å². The van der Waals surface area contributed by atoms with Gasteiger partial charge in [-0.1, -0.05) is 21.6 Å². The summed E-state index contributed by atoms with van der Waals surface area (Å²) in [4.78, 5) is 35.9. The van der Waals surface area contributed by atoms with Crippen LogP contribution in [-0.4, -0.2) is 47.5 Å². The van der Waals surface area contributed by atoms with Gasteiger partial charge in [-0.05, 0) is 73.9 Å². The monoisotopic (exact) mass is 819 g/mol. The van der Waals surface area contributed by atoms with Crippen LogP contribution in [0.4, 0.5) is 17.1 Å². The molecule has 0 bridgehead atoms. The van der Waals surface area contributed by atoms with Crippen molar-refractivity contribution in [2.24, 2.45) is 0 Å². The summed E-state index contributed by atoms with van der Waals surface area (Å²) in [5.41, 5.74) is 4.06. The van der Waals surface area contributed by atoms with E-state index in [1.165, 1.54) is 40.0 Å². The van der Waals surface area contributed by atoms with Crippen molar-refractivity contribution in [1.82, 2.24) is 0 Å². The maximum atomic E-state index is 11.5. The van der Waals surface area contributed by atoms with Gasteiger partial charge in [0.15, 0.2) is 0 Å². The van der Waals surface area contributed by atoms with Crippen molar-refractivity contribution >= 4 is 76.1 Å². The maximum Gasteiger partial charge on any atom is 0.261 e. The Labute approximate surface area is 317 Å². The molecule has 0 heterocycles. The van der Waals surface area contributed by atoms with Gasteiger partial charge in [-0.25, -0.2) is 8.42 Å².